The summed E-state index contributed by atoms with van der Waals surface area (Å²) in [7, 11) is 0. The molecule has 0 aromatic carbocycles. The predicted octanol–water partition coefficient (Wildman–Crippen LogP) is 1.21. The molecule has 0 saturated carbocycles. The Kier molecular flexibility index (Phi) is 6.56. The average molecular weight is 268 g/mol. The molecule has 1 fully saturated rings. The lowest BCUT2D eigenvalue weighted by molar-refractivity contribution is -0.132. The van der Waals surface area contributed by atoms with Crippen LogP contribution in [0.2, 0.25) is 0 Å². The van der Waals surface area contributed by atoms with Crippen LogP contribution in [0.25, 0.3) is 0 Å². The molecule has 19 heavy (non-hydrogen) atoms. The zero-order valence-electron chi connectivity index (χ0n) is 11.8. The van der Waals surface area contributed by atoms with Crippen LogP contribution in [0.15, 0.2) is 12.2 Å². The maximum Gasteiger partial charge on any atom is 0.328 e. The van der Waals surface area contributed by atoms with Crippen LogP contribution in [0.3, 0.4) is 0 Å². The third kappa shape index (κ3) is 5.42. The molecular weight excluding hydrogens is 244 g/mol. The maximum absolute atomic E-state index is 11.7. The van der Waals surface area contributed by atoms with Crippen LogP contribution in [0.5, 0.6) is 0 Å². The molecule has 1 saturated heterocycles. The van der Waals surface area contributed by atoms with Crippen molar-refractivity contribution in [2.45, 2.75) is 26.7 Å². The summed E-state index contributed by atoms with van der Waals surface area (Å²) in [5.41, 5.74) is 0. The van der Waals surface area contributed by atoms with Gasteiger partial charge in [0.05, 0.1) is 0 Å². The first-order chi connectivity index (χ1) is 9.06. The van der Waals surface area contributed by atoms with E-state index in [9.17, 15) is 9.59 Å². The first-order valence-corrected chi connectivity index (χ1v) is 6.99. The van der Waals surface area contributed by atoms with Gasteiger partial charge < -0.3 is 14.9 Å². The van der Waals surface area contributed by atoms with Crippen molar-refractivity contribution in [2.24, 2.45) is 5.92 Å². The van der Waals surface area contributed by atoms with Gasteiger partial charge in [0.15, 0.2) is 0 Å². The highest BCUT2D eigenvalue weighted by atomic mass is 16.4. The smallest absolute Gasteiger partial charge is 0.328 e. The Labute approximate surface area is 114 Å². The summed E-state index contributed by atoms with van der Waals surface area (Å²) in [6.07, 6.45) is 4.06. The van der Waals surface area contributed by atoms with Gasteiger partial charge in [0.25, 0.3) is 0 Å². The van der Waals surface area contributed by atoms with Gasteiger partial charge in [0.2, 0.25) is 5.91 Å². The number of hydrogen-bond acceptors (Lipinski definition) is 3. The summed E-state index contributed by atoms with van der Waals surface area (Å²) in [5.74, 6) is -0.624. The Bertz CT molecular complexity index is 330. The van der Waals surface area contributed by atoms with E-state index < -0.39 is 5.97 Å². The Hall–Kier alpha value is -1.36. The Morgan fingerprint density at radius 2 is 1.79 bits per heavy atom. The molecule has 0 aromatic rings. The molecule has 1 aliphatic heterocycles. The van der Waals surface area contributed by atoms with Gasteiger partial charge in [-0.25, -0.2) is 4.79 Å². The van der Waals surface area contributed by atoms with Crippen LogP contribution in [0.1, 0.15) is 26.7 Å². The van der Waals surface area contributed by atoms with Crippen LogP contribution in [0, 0.1) is 5.92 Å². The molecule has 1 aliphatic rings. The molecule has 0 bridgehead atoms. The van der Waals surface area contributed by atoms with Crippen molar-refractivity contribution in [1.82, 2.24) is 9.80 Å². The van der Waals surface area contributed by atoms with Gasteiger partial charge in [0, 0.05) is 31.8 Å². The number of rotatable bonds is 6. The molecule has 108 valence electrons. The summed E-state index contributed by atoms with van der Waals surface area (Å²) >= 11 is 0. The molecule has 0 aliphatic carbocycles. The fraction of sp³-hybridized carbons (Fsp3) is 0.714. The van der Waals surface area contributed by atoms with Crippen molar-refractivity contribution in [3.63, 3.8) is 0 Å². The lowest BCUT2D eigenvalue weighted by Gasteiger charge is -2.33. The summed E-state index contributed by atoms with van der Waals surface area (Å²) in [5, 5.41) is 8.49. The second kappa shape index (κ2) is 7.94. The summed E-state index contributed by atoms with van der Waals surface area (Å²) < 4.78 is 0. The van der Waals surface area contributed by atoms with Gasteiger partial charge in [-0.3, -0.25) is 4.79 Å². The van der Waals surface area contributed by atoms with E-state index in [2.05, 4.69) is 18.7 Å². The van der Waals surface area contributed by atoms with Gasteiger partial charge in [0.1, 0.15) is 0 Å². The largest absolute Gasteiger partial charge is 0.478 e. The van der Waals surface area contributed by atoms with E-state index in [4.69, 9.17) is 5.11 Å². The quantitative estimate of drug-likeness (QED) is 0.736. The van der Waals surface area contributed by atoms with Crippen LogP contribution in [-0.4, -0.2) is 59.5 Å². The number of carboxylic acids is 1. The number of amides is 1. The number of likely N-dealkylation sites (tertiary alicyclic amines) is 1. The van der Waals surface area contributed by atoms with E-state index in [1.807, 2.05) is 0 Å². The Morgan fingerprint density at radius 3 is 2.26 bits per heavy atom. The first-order valence-electron chi connectivity index (χ1n) is 6.99. The standard InChI is InChI=1S/C14H24N2O3/c1-3-15(4-2)11-12-7-9-16(10-8-12)13(17)5-6-14(18)19/h5-6,12H,3-4,7-11H2,1-2H3,(H,18,19)/b6-5+. The van der Waals surface area contributed by atoms with Crippen LogP contribution < -0.4 is 0 Å². The topological polar surface area (TPSA) is 60.9 Å². The SMILES string of the molecule is CCN(CC)CC1CCN(C(=O)/C=C/C(=O)O)CC1. The fourth-order valence-electron chi connectivity index (χ4n) is 2.43. The number of hydrogen-bond donors (Lipinski definition) is 1. The van der Waals surface area contributed by atoms with Crippen LogP contribution >= 0.6 is 0 Å². The summed E-state index contributed by atoms with van der Waals surface area (Å²) in [6, 6.07) is 0. The number of nitrogens with zero attached hydrogens (tertiary/aromatic N) is 2. The lowest BCUT2D eigenvalue weighted by atomic mass is 9.96. The molecule has 1 amide bonds. The monoisotopic (exact) mass is 268 g/mol. The van der Waals surface area contributed by atoms with Crippen molar-refractivity contribution in [1.29, 1.82) is 0 Å². The highest BCUT2D eigenvalue weighted by Crippen LogP contribution is 2.18. The zero-order valence-corrected chi connectivity index (χ0v) is 11.8. The third-order valence-electron chi connectivity index (χ3n) is 3.71. The number of piperidine rings is 1. The zero-order chi connectivity index (χ0) is 14.3. The minimum atomic E-state index is -1.08. The molecule has 0 atom stereocenters. The van der Waals surface area contributed by atoms with Crippen molar-refractivity contribution >= 4 is 11.9 Å². The summed E-state index contributed by atoms with van der Waals surface area (Å²) in [4.78, 5) is 26.2. The van der Waals surface area contributed by atoms with E-state index in [1.165, 1.54) is 0 Å². The van der Waals surface area contributed by atoms with E-state index in [0.717, 1.165) is 57.7 Å². The van der Waals surface area contributed by atoms with Crippen molar-refractivity contribution in [3.05, 3.63) is 12.2 Å². The molecule has 0 aromatic heterocycles. The van der Waals surface area contributed by atoms with E-state index in [0.29, 0.717) is 5.92 Å². The van der Waals surface area contributed by atoms with Crippen molar-refractivity contribution < 1.29 is 14.7 Å². The maximum atomic E-state index is 11.7. The van der Waals surface area contributed by atoms with Gasteiger partial charge in [-0.15, -0.1) is 0 Å². The van der Waals surface area contributed by atoms with Gasteiger partial charge in [-0.2, -0.15) is 0 Å². The van der Waals surface area contributed by atoms with E-state index >= 15 is 0 Å². The highest BCUT2D eigenvalue weighted by molar-refractivity contribution is 5.93. The van der Waals surface area contributed by atoms with Crippen molar-refractivity contribution in [2.75, 3.05) is 32.7 Å². The molecule has 0 radical (unpaired) electrons. The molecule has 0 spiro atoms. The molecule has 5 heteroatoms. The van der Waals surface area contributed by atoms with Gasteiger partial charge in [-0.1, -0.05) is 13.8 Å². The molecule has 5 nitrogen and oxygen atoms in total. The fourth-order valence-corrected chi connectivity index (χ4v) is 2.43. The van der Waals surface area contributed by atoms with Crippen molar-refractivity contribution in [3.8, 4) is 0 Å². The Balaban J connectivity index is 2.36. The van der Waals surface area contributed by atoms with Gasteiger partial charge >= 0.3 is 5.97 Å². The number of carbonyl (C=O) groups excluding carboxylic acids is 1. The second-order valence-electron chi connectivity index (χ2n) is 4.93. The van der Waals surface area contributed by atoms with E-state index in [1.54, 1.807) is 4.90 Å². The lowest BCUT2D eigenvalue weighted by Crippen LogP contribution is -2.41. The molecule has 0 unspecified atom stereocenters. The first kappa shape index (κ1) is 15.7. The Morgan fingerprint density at radius 1 is 1.21 bits per heavy atom. The van der Waals surface area contributed by atoms with Gasteiger partial charge in [-0.05, 0) is 31.8 Å². The average Bonchev–Trinajstić information content (AvgIpc) is 2.42. The second-order valence-corrected chi connectivity index (χ2v) is 4.93. The number of aliphatic carboxylic acids is 1. The number of carbonyl (C=O) groups is 2. The molecule has 1 rings (SSSR count). The molecular formula is C14H24N2O3. The summed E-state index contributed by atoms with van der Waals surface area (Å²) in [6.45, 7) is 9.02. The number of carboxylic acid groups (broad SMARTS) is 1. The molecule has 1 heterocycles. The third-order valence-corrected chi connectivity index (χ3v) is 3.71. The van der Waals surface area contributed by atoms with Crippen LogP contribution in [-0.2, 0) is 9.59 Å². The minimum absolute atomic E-state index is 0.191. The molecule has 1 N–H and O–H groups in total. The van der Waals surface area contributed by atoms with Crippen LogP contribution in [0.4, 0.5) is 0 Å². The highest BCUT2D eigenvalue weighted by Gasteiger charge is 2.22. The minimum Gasteiger partial charge on any atom is -0.478 e. The van der Waals surface area contributed by atoms with E-state index in [-0.39, 0.29) is 5.91 Å². The predicted molar refractivity (Wildman–Crippen MR) is 73.9 cm³/mol. The normalized spacial score (nSPS) is 17.3.